The predicted molar refractivity (Wildman–Crippen MR) is 89.7 cm³/mol. The molecule has 1 aromatic heterocycles. The molecule has 0 saturated heterocycles. The van der Waals surface area contributed by atoms with Gasteiger partial charge in [0.1, 0.15) is 0 Å². The van der Waals surface area contributed by atoms with Gasteiger partial charge in [-0.05, 0) is 47.6 Å². The summed E-state index contributed by atoms with van der Waals surface area (Å²) < 4.78 is 88.8. The maximum atomic E-state index is 13.9. The molecule has 0 fully saturated rings. The highest BCUT2D eigenvalue weighted by Crippen LogP contribution is 2.42. The molecule has 0 unspecified atom stereocenters. The number of aromatic nitrogens is 1. The van der Waals surface area contributed by atoms with Crippen molar-refractivity contribution in [2.24, 2.45) is 0 Å². The molecule has 142 valence electrons. The number of sulfone groups is 1. The van der Waals surface area contributed by atoms with Crippen molar-refractivity contribution in [3.8, 4) is 0 Å². The normalized spacial score (nSPS) is 16.8. The van der Waals surface area contributed by atoms with E-state index in [0.29, 0.717) is 23.9 Å². The van der Waals surface area contributed by atoms with Crippen molar-refractivity contribution < 1.29 is 30.4 Å². The van der Waals surface area contributed by atoms with Crippen LogP contribution in [0, 0.1) is 0 Å². The van der Waals surface area contributed by atoms with Gasteiger partial charge in [0.05, 0.1) is 16.2 Å². The van der Waals surface area contributed by atoms with E-state index in [9.17, 15) is 30.4 Å². The summed E-state index contributed by atoms with van der Waals surface area (Å²) in [5.41, 5.74) is -0.695. The number of halogens is 5. The van der Waals surface area contributed by atoms with E-state index in [1.165, 1.54) is 24.3 Å². The Morgan fingerprint density at radius 3 is 2.00 bits per heavy atom. The van der Waals surface area contributed by atoms with Gasteiger partial charge >= 0.3 is 6.18 Å². The fourth-order valence-electron chi connectivity index (χ4n) is 2.64. The molecule has 0 radical (unpaired) electrons. The highest BCUT2D eigenvalue weighted by atomic mass is 32.2. The van der Waals surface area contributed by atoms with Crippen molar-refractivity contribution in [3.05, 3.63) is 71.6 Å². The summed E-state index contributed by atoms with van der Waals surface area (Å²) in [6.45, 7) is 0. The molecule has 9 heteroatoms. The Bertz CT molecular complexity index is 1030. The molecule has 1 heterocycles. The van der Waals surface area contributed by atoms with Crippen LogP contribution in [0.5, 0.6) is 0 Å². The molecule has 27 heavy (non-hydrogen) atoms. The lowest BCUT2D eigenvalue weighted by Crippen LogP contribution is -2.06. The lowest BCUT2D eigenvalue weighted by molar-refractivity contribution is -0.137. The molecule has 0 atom stereocenters. The van der Waals surface area contributed by atoms with Gasteiger partial charge in [0.2, 0.25) is 0 Å². The SMILES string of the molecule is CS(=O)(=O)c1ccc(C2=CC(F)(F)C=C2c2ccc(C(F)(F)F)cn2)cc1. The fourth-order valence-corrected chi connectivity index (χ4v) is 3.27. The first-order chi connectivity index (χ1) is 12.4. The van der Waals surface area contributed by atoms with Gasteiger partial charge in [-0.3, -0.25) is 4.98 Å². The Balaban J connectivity index is 2.01. The summed E-state index contributed by atoms with van der Waals surface area (Å²) in [7, 11) is -3.45. The summed E-state index contributed by atoms with van der Waals surface area (Å²) in [6.07, 6.45) is -1.71. The van der Waals surface area contributed by atoms with Crippen LogP contribution in [-0.4, -0.2) is 25.6 Å². The van der Waals surface area contributed by atoms with E-state index < -0.39 is 27.5 Å². The molecule has 0 spiro atoms. The van der Waals surface area contributed by atoms with Gasteiger partial charge in [0.15, 0.2) is 9.84 Å². The highest BCUT2D eigenvalue weighted by molar-refractivity contribution is 7.90. The van der Waals surface area contributed by atoms with Crippen molar-refractivity contribution in [2.75, 3.05) is 6.26 Å². The number of hydrogen-bond donors (Lipinski definition) is 0. The third-order valence-electron chi connectivity index (χ3n) is 3.92. The Morgan fingerprint density at radius 2 is 1.52 bits per heavy atom. The average Bonchev–Trinajstić information content (AvgIpc) is 2.89. The molecule has 3 rings (SSSR count). The van der Waals surface area contributed by atoms with Crippen LogP contribution in [0.15, 0.2) is 59.6 Å². The second-order valence-corrected chi connectivity index (χ2v) is 8.03. The molecule has 0 N–H and O–H groups in total. The van der Waals surface area contributed by atoms with Crippen molar-refractivity contribution in [1.82, 2.24) is 4.98 Å². The number of rotatable bonds is 3. The largest absolute Gasteiger partial charge is 0.417 e. The molecule has 1 aliphatic rings. The standard InChI is InChI=1S/C18H12F5NO2S/c1-27(25,26)13-5-2-11(3-6-13)14-8-17(19,20)9-15(14)16-7-4-12(10-24-16)18(21,22)23/h2-10H,1H3. The van der Waals surface area contributed by atoms with Gasteiger partial charge in [-0.2, -0.15) is 22.0 Å². The van der Waals surface area contributed by atoms with Crippen LogP contribution < -0.4 is 0 Å². The maximum Gasteiger partial charge on any atom is 0.417 e. The first kappa shape index (κ1) is 19.2. The number of hydrogen-bond acceptors (Lipinski definition) is 3. The third kappa shape index (κ3) is 4.08. The molecule has 0 bridgehead atoms. The van der Waals surface area contributed by atoms with E-state index in [4.69, 9.17) is 0 Å². The van der Waals surface area contributed by atoms with Crippen LogP contribution in [0.25, 0.3) is 11.1 Å². The zero-order chi connectivity index (χ0) is 20.0. The number of nitrogens with zero attached hydrogens (tertiary/aromatic N) is 1. The molecule has 0 saturated carbocycles. The minimum Gasteiger partial charge on any atom is -0.256 e. The van der Waals surface area contributed by atoms with Crippen molar-refractivity contribution in [1.29, 1.82) is 0 Å². The highest BCUT2D eigenvalue weighted by Gasteiger charge is 2.35. The smallest absolute Gasteiger partial charge is 0.256 e. The molecule has 2 aromatic rings. The van der Waals surface area contributed by atoms with E-state index in [1.54, 1.807) is 0 Å². The summed E-state index contributed by atoms with van der Waals surface area (Å²) >= 11 is 0. The van der Waals surface area contributed by atoms with Gasteiger partial charge in [-0.15, -0.1) is 0 Å². The van der Waals surface area contributed by atoms with E-state index in [-0.39, 0.29) is 21.7 Å². The van der Waals surface area contributed by atoms with Crippen LogP contribution in [0.2, 0.25) is 0 Å². The monoisotopic (exact) mass is 401 g/mol. The molecule has 0 aliphatic heterocycles. The summed E-state index contributed by atoms with van der Waals surface area (Å²) in [6, 6.07) is 7.07. The summed E-state index contributed by atoms with van der Waals surface area (Å²) in [4.78, 5) is 3.69. The van der Waals surface area contributed by atoms with Gasteiger partial charge in [-0.25, -0.2) is 8.42 Å². The molecule has 1 aromatic carbocycles. The maximum absolute atomic E-state index is 13.9. The van der Waals surface area contributed by atoms with Gasteiger partial charge in [0, 0.05) is 18.0 Å². The van der Waals surface area contributed by atoms with Crippen molar-refractivity contribution >= 4 is 21.0 Å². The van der Waals surface area contributed by atoms with Crippen LogP contribution >= 0.6 is 0 Å². The van der Waals surface area contributed by atoms with Crippen LogP contribution in [-0.2, 0) is 16.0 Å². The second-order valence-electron chi connectivity index (χ2n) is 6.02. The zero-order valence-corrected chi connectivity index (χ0v) is 14.6. The minimum absolute atomic E-state index is 0.0230. The first-order valence-electron chi connectivity index (χ1n) is 7.55. The summed E-state index contributed by atoms with van der Waals surface area (Å²) in [5, 5.41) is 0. The first-order valence-corrected chi connectivity index (χ1v) is 9.44. The van der Waals surface area contributed by atoms with Crippen molar-refractivity contribution in [2.45, 2.75) is 17.0 Å². The van der Waals surface area contributed by atoms with E-state index >= 15 is 0 Å². The Kier molecular flexibility index (Phi) is 4.46. The molecule has 0 amide bonds. The fraction of sp³-hybridized carbons (Fsp3) is 0.167. The number of allylic oxidation sites excluding steroid dienone is 4. The zero-order valence-electron chi connectivity index (χ0n) is 13.8. The lowest BCUT2D eigenvalue weighted by Gasteiger charge is -2.11. The van der Waals surface area contributed by atoms with E-state index in [0.717, 1.165) is 18.4 Å². The number of alkyl halides is 5. The predicted octanol–water partition coefficient (Wildman–Crippen LogP) is 4.62. The molecular weight excluding hydrogens is 389 g/mol. The third-order valence-corrected chi connectivity index (χ3v) is 5.05. The Hall–Kier alpha value is -2.55. The van der Waals surface area contributed by atoms with Crippen LogP contribution in [0.4, 0.5) is 22.0 Å². The minimum atomic E-state index is -4.58. The summed E-state index contributed by atoms with van der Waals surface area (Å²) in [5.74, 6) is -3.30. The second kappa shape index (κ2) is 6.26. The van der Waals surface area contributed by atoms with Gasteiger partial charge in [-0.1, -0.05) is 12.1 Å². The molecular formula is C18H12F5NO2S. The van der Waals surface area contributed by atoms with Gasteiger partial charge in [0.25, 0.3) is 5.92 Å². The Labute approximate surface area is 151 Å². The van der Waals surface area contributed by atoms with Crippen LogP contribution in [0.1, 0.15) is 16.8 Å². The number of pyridine rings is 1. The lowest BCUT2D eigenvalue weighted by atomic mass is 9.98. The van der Waals surface area contributed by atoms with E-state index in [1.807, 2.05) is 0 Å². The average molecular weight is 401 g/mol. The van der Waals surface area contributed by atoms with Crippen molar-refractivity contribution in [3.63, 3.8) is 0 Å². The van der Waals surface area contributed by atoms with Crippen LogP contribution in [0.3, 0.4) is 0 Å². The quantitative estimate of drug-likeness (QED) is 0.706. The molecule has 3 nitrogen and oxygen atoms in total. The Morgan fingerprint density at radius 1 is 0.926 bits per heavy atom. The number of benzene rings is 1. The van der Waals surface area contributed by atoms with E-state index in [2.05, 4.69) is 4.98 Å². The van der Waals surface area contributed by atoms with Gasteiger partial charge < -0.3 is 0 Å². The topological polar surface area (TPSA) is 47.0 Å². The molecule has 1 aliphatic carbocycles.